The smallest absolute Gasteiger partial charge is 0.152 e. The van der Waals surface area contributed by atoms with Gasteiger partial charge in [0.2, 0.25) is 0 Å². The van der Waals surface area contributed by atoms with Crippen molar-refractivity contribution in [3.63, 3.8) is 0 Å². The van der Waals surface area contributed by atoms with Crippen LogP contribution >= 0.6 is 0 Å². The predicted octanol–water partition coefficient (Wildman–Crippen LogP) is 1.06. The van der Waals surface area contributed by atoms with E-state index in [1.54, 1.807) is 6.07 Å². The summed E-state index contributed by atoms with van der Waals surface area (Å²) >= 11 is 0. The lowest BCUT2D eigenvalue weighted by Crippen LogP contribution is -1.87. The molecule has 0 amide bonds. The summed E-state index contributed by atoms with van der Waals surface area (Å²) in [5, 5.41) is 2.63. The lowest BCUT2D eigenvalue weighted by molar-refractivity contribution is 1.31. The van der Waals surface area contributed by atoms with Crippen LogP contribution < -0.4 is 5.73 Å². The van der Waals surface area contributed by atoms with Crippen LogP contribution in [-0.2, 0) is 0 Å². The number of hydrogen-bond donors (Lipinski definition) is 1. The molecule has 1 aromatic rings. The second kappa shape index (κ2) is 2.21. The summed E-state index contributed by atoms with van der Waals surface area (Å²) in [6.07, 6.45) is 1.50. The highest BCUT2D eigenvalue weighted by Crippen LogP contribution is 2.15. The van der Waals surface area contributed by atoms with Gasteiger partial charge in [0.1, 0.15) is 5.69 Å². The first-order valence-electron chi connectivity index (χ1n) is 2.38. The SMILES string of the molecule is Nc1ncccc1N=O. The zero-order chi connectivity index (χ0) is 6.69. The molecule has 1 rings (SSSR count). The van der Waals surface area contributed by atoms with Crippen molar-refractivity contribution in [3.8, 4) is 0 Å². The first-order valence-corrected chi connectivity index (χ1v) is 2.38. The van der Waals surface area contributed by atoms with Crippen molar-refractivity contribution in [3.05, 3.63) is 23.2 Å². The standard InChI is InChI=1S/C5H5N3O/c6-5-4(8-9)2-1-3-7-5/h1-3H,(H2,6,7). The van der Waals surface area contributed by atoms with E-state index in [0.29, 0.717) is 0 Å². The second-order valence-electron chi connectivity index (χ2n) is 1.50. The first kappa shape index (κ1) is 5.68. The summed E-state index contributed by atoms with van der Waals surface area (Å²) in [6, 6.07) is 3.11. The normalized spacial score (nSPS) is 8.89. The van der Waals surface area contributed by atoms with Gasteiger partial charge in [0, 0.05) is 6.20 Å². The van der Waals surface area contributed by atoms with E-state index < -0.39 is 0 Å². The summed E-state index contributed by atoms with van der Waals surface area (Å²) in [5.74, 6) is 0.174. The average molecular weight is 123 g/mol. The van der Waals surface area contributed by atoms with E-state index in [9.17, 15) is 4.91 Å². The number of aromatic nitrogens is 1. The van der Waals surface area contributed by atoms with Crippen molar-refractivity contribution >= 4 is 11.5 Å². The molecule has 1 heterocycles. The quantitative estimate of drug-likeness (QED) is 0.567. The van der Waals surface area contributed by atoms with Crippen LogP contribution in [0.25, 0.3) is 0 Å². The Labute approximate surface area is 51.7 Å². The predicted molar refractivity (Wildman–Crippen MR) is 34.1 cm³/mol. The van der Waals surface area contributed by atoms with Crippen molar-refractivity contribution < 1.29 is 0 Å². The van der Waals surface area contributed by atoms with Crippen LogP contribution in [0, 0.1) is 4.91 Å². The fourth-order valence-electron chi connectivity index (χ4n) is 0.486. The highest BCUT2D eigenvalue weighted by Gasteiger charge is 1.94. The Bertz CT molecular complexity index is 223. The summed E-state index contributed by atoms with van der Waals surface area (Å²) < 4.78 is 0. The van der Waals surface area contributed by atoms with Crippen LogP contribution in [0.3, 0.4) is 0 Å². The molecular weight excluding hydrogens is 118 g/mol. The molecule has 0 aliphatic carbocycles. The molecule has 0 fully saturated rings. The Kier molecular flexibility index (Phi) is 1.40. The van der Waals surface area contributed by atoms with E-state index in [1.807, 2.05) is 0 Å². The molecule has 0 atom stereocenters. The molecule has 9 heavy (non-hydrogen) atoms. The fourth-order valence-corrected chi connectivity index (χ4v) is 0.486. The number of nitrogens with two attached hydrogens (primary N) is 1. The van der Waals surface area contributed by atoms with Crippen molar-refractivity contribution in [1.29, 1.82) is 0 Å². The minimum Gasteiger partial charge on any atom is -0.382 e. The first-order chi connectivity index (χ1) is 4.34. The van der Waals surface area contributed by atoms with Gasteiger partial charge in [-0.15, -0.1) is 4.91 Å². The molecular formula is C5H5N3O. The zero-order valence-corrected chi connectivity index (χ0v) is 4.61. The maximum absolute atomic E-state index is 9.86. The minimum absolute atomic E-state index is 0.174. The van der Waals surface area contributed by atoms with Crippen molar-refractivity contribution in [2.45, 2.75) is 0 Å². The monoisotopic (exact) mass is 123 g/mol. The summed E-state index contributed by atoms with van der Waals surface area (Å²) in [5.41, 5.74) is 5.42. The Morgan fingerprint density at radius 2 is 2.44 bits per heavy atom. The lowest BCUT2D eigenvalue weighted by atomic mass is 10.4. The van der Waals surface area contributed by atoms with Crippen LogP contribution in [0.4, 0.5) is 11.5 Å². The van der Waals surface area contributed by atoms with Gasteiger partial charge < -0.3 is 5.73 Å². The van der Waals surface area contributed by atoms with Crippen LogP contribution in [0.1, 0.15) is 0 Å². The van der Waals surface area contributed by atoms with Gasteiger partial charge in [-0.2, -0.15) is 0 Å². The topological polar surface area (TPSA) is 68.3 Å². The van der Waals surface area contributed by atoms with E-state index >= 15 is 0 Å². The Hall–Kier alpha value is -1.45. The largest absolute Gasteiger partial charge is 0.382 e. The number of hydrogen-bond acceptors (Lipinski definition) is 4. The molecule has 0 aromatic carbocycles. The van der Waals surface area contributed by atoms with Crippen molar-refractivity contribution in [2.24, 2.45) is 5.18 Å². The van der Waals surface area contributed by atoms with Crippen LogP contribution in [-0.4, -0.2) is 4.98 Å². The molecule has 0 spiro atoms. The van der Waals surface area contributed by atoms with Crippen molar-refractivity contribution in [2.75, 3.05) is 5.73 Å². The molecule has 0 unspecified atom stereocenters. The van der Waals surface area contributed by atoms with E-state index in [4.69, 9.17) is 5.73 Å². The van der Waals surface area contributed by atoms with Crippen LogP contribution in [0.2, 0.25) is 0 Å². The van der Waals surface area contributed by atoms with Crippen LogP contribution in [0.15, 0.2) is 23.5 Å². The third-order valence-corrected chi connectivity index (χ3v) is 0.915. The van der Waals surface area contributed by atoms with Gasteiger partial charge in [0.05, 0.1) is 0 Å². The molecule has 0 bridgehead atoms. The molecule has 2 N–H and O–H groups in total. The Morgan fingerprint density at radius 1 is 1.67 bits per heavy atom. The van der Waals surface area contributed by atoms with Crippen LogP contribution in [0.5, 0.6) is 0 Å². The average Bonchev–Trinajstić information content (AvgIpc) is 1.89. The minimum atomic E-state index is 0.174. The molecule has 4 heteroatoms. The third-order valence-electron chi connectivity index (χ3n) is 0.915. The highest BCUT2D eigenvalue weighted by atomic mass is 16.3. The number of nitrogens with zero attached hydrogens (tertiary/aromatic N) is 2. The van der Waals surface area contributed by atoms with Crippen molar-refractivity contribution in [1.82, 2.24) is 4.98 Å². The van der Waals surface area contributed by atoms with Gasteiger partial charge in [-0.1, -0.05) is 0 Å². The number of rotatable bonds is 1. The van der Waals surface area contributed by atoms with Gasteiger partial charge in [-0.3, -0.25) is 0 Å². The highest BCUT2D eigenvalue weighted by molar-refractivity contribution is 5.55. The Balaban J connectivity index is 3.15. The molecule has 0 saturated heterocycles. The van der Waals surface area contributed by atoms with Gasteiger partial charge in [-0.05, 0) is 17.3 Å². The van der Waals surface area contributed by atoms with Gasteiger partial charge in [0.25, 0.3) is 0 Å². The molecule has 0 saturated carbocycles. The number of nitroso groups, excluding NO2 is 1. The molecule has 0 radical (unpaired) electrons. The maximum Gasteiger partial charge on any atom is 0.152 e. The molecule has 46 valence electrons. The molecule has 0 aliphatic rings. The Morgan fingerprint density at radius 3 is 2.89 bits per heavy atom. The van der Waals surface area contributed by atoms with E-state index in [0.717, 1.165) is 0 Å². The number of pyridine rings is 1. The van der Waals surface area contributed by atoms with E-state index in [-0.39, 0.29) is 11.5 Å². The fraction of sp³-hybridized carbons (Fsp3) is 0. The molecule has 1 aromatic heterocycles. The van der Waals surface area contributed by atoms with Gasteiger partial charge >= 0.3 is 0 Å². The maximum atomic E-state index is 9.86. The summed E-state index contributed by atoms with van der Waals surface area (Å²) in [4.78, 5) is 13.5. The third kappa shape index (κ3) is 1.02. The van der Waals surface area contributed by atoms with E-state index in [1.165, 1.54) is 12.3 Å². The van der Waals surface area contributed by atoms with E-state index in [2.05, 4.69) is 10.2 Å². The van der Waals surface area contributed by atoms with Gasteiger partial charge in [0.15, 0.2) is 5.82 Å². The second-order valence-corrected chi connectivity index (χ2v) is 1.50. The number of anilines is 1. The molecule has 0 aliphatic heterocycles. The van der Waals surface area contributed by atoms with Gasteiger partial charge in [-0.25, -0.2) is 4.98 Å². The number of nitrogen functional groups attached to an aromatic ring is 1. The lowest BCUT2D eigenvalue weighted by Gasteiger charge is -1.90. The summed E-state index contributed by atoms with van der Waals surface area (Å²) in [7, 11) is 0. The molecule has 4 nitrogen and oxygen atoms in total. The summed E-state index contributed by atoms with van der Waals surface area (Å²) in [6.45, 7) is 0. The zero-order valence-electron chi connectivity index (χ0n) is 4.61.